The van der Waals surface area contributed by atoms with Crippen molar-refractivity contribution in [2.45, 2.75) is 70.4 Å². The second-order valence-electron chi connectivity index (χ2n) is 6.30. The van der Waals surface area contributed by atoms with Crippen LogP contribution in [0.15, 0.2) is 0 Å². The van der Waals surface area contributed by atoms with Crippen LogP contribution in [-0.4, -0.2) is 23.3 Å². The van der Waals surface area contributed by atoms with Crippen molar-refractivity contribution in [2.24, 2.45) is 5.41 Å². The van der Waals surface area contributed by atoms with E-state index in [1.807, 2.05) is 0 Å². The van der Waals surface area contributed by atoms with Gasteiger partial charge in [-0.1, -0.05) is 26.7 Å². The van der Waals surface area contributed by atoms with Crippen molar-refractivity contribution in [1.82, 2.24) is 5.32 Å². The lowest BCUT2D eigenvalue weighted by molar-refractivity contribution is -0.00195. The summed E-state index contributed by atoms with van der Waals surface area (Å²) in [5.74, 6) is 0. The monoisotopic (exact) mass is 211 g/mol. The van der Waals surface area contributed by atoms with E-state index in [0.717, 1.165) is 25.8 Å². The molecule has 15 heavy (non-hydrogen) atoms. The fraction of sp³-hybridized carbons (Fsp3) is 1.00. The highest BCUT2D eigenvalue weighted by atomic mass is 16.3. The molecule has 0 aromatic rings. The van der Waals surface area contributed by atoms with Crippen LogP contribution >= 0.6 is 0 Å². The Morgan fingerprint density at radius 3 is 2.60 bits per heavy atom. The average molecular weight is 211 g/mol. The molecule has 2 rings (SSSR count). The summed E-state index contributed by atoms with van der Waals surface area (Å²) in [4.78, 5) is 0. The SMILES string of the molecule is CC1(C)CCC(O)(C2CCCCCN2)C1. The van der Waals surface area contributed by atoms with Gasteiger partial charge in [0.25, 0.3) is 0 Å². The smallest absolute Gasteiger partial charge is 0.0805 e. The van der Waals surface area contributed by atoms with Crippen LogP contribution in [0.3, 0.4) is 0 Å². The number of nitrogens with one attached hydrogen (secondary N) is 1. The Morgan fingerprint density at radius 1 is 1.13 bits per heavy atom. The standard InChI is InChI=1S/C13H25NO/c1-12(2)7-8-13(15,10-12)11-6-4-3-5-9-14-11/h11,14-15H,3-10H2,1-2H3. The summed E-state index contributed by atoms with van der Waals surface area (Å²) < 4.78 is 0. The highest BCUT2D eigenvalue weighted by molar-refractivity contribution is 5.01. The largest absolute Gasteiger partial charge is 0.388 e. The third-order valence-corrected chi connectivity index (χ3v) is 4.23. The van der Waals surface area contributed by atoms with Crippen LogP contribution in [0.1, 0.15) is 58.8 Å². The lowest BCUT2D eigenvalue weighted by Gasteiger charge is -2.34. The lowest BCUT2D eigenvalue weighted by atomic mass is 9.84. The summed E-state index contributed by atoms with van der Waals surface area (Å²) >= 11 is 0. The van der Waals surface area contributed by atoms with Crippen LogP contribution in [0.4, 0.5) is 0 Å². The van der Waals surface area contributed by atoms with Gasteiger partial charge in [-0.05, 0) is 44.1 Å². The van der Waals surface area contributed by atoms with Crippen molar-refractivity contribution in [1.29, 1.82) is 0 Å². The third-order valence-electron chi connectivity index (χ3n) is 4.23. The Kier molecular flexibility index (Phi) is 3.09. The molecule has 1 saturated heterocycles. The Hall–Kier alpha value is -0.0800. The van der Waals surface area contributed by atoms with Gasteiger partial charge < -0.3 is 10.4 Å². The number of aliphatic hydroxyl groups is 1. The predicted octanol–water partition coefficient (Wildman–Crippen LogP) is 2.46. The van der Waals surface area contributed by atoms with Crippen LogP contribution in [0.5, 0.6) is 0 Å². The maximum atomic E-state index is 10.7. The van der Waals surface area contributed by atoms with Crippen molar-refractivity contribution in [3.63, 3.8) is 0 Å². The van der Waals surface area contributed by atoms with Crippen molar-refractivity contribution in [3.8, 4) is 0 Å². The molecule has 1 heterocycles. The summed E-state index contributed by atoms with van der Waals surface area (Å²) in [7, 11) is 0. The van der Waals surface area contributed by atoms with Gasteiger partial charge in [0.05, 0.1) is 5.60 Å². The molecule has 1 saturated carbocycles. The van der Waals surface area contributed by atoms with Gasteiger partial charge >= 0.3 is 0 Å². The molecule has 88 valence electrons. The van der Waals surface area contributed by atoms with E-state index in [4.69, 9.17) is 0 Å². The first kappa shape index (κ1) is 11.4. The Morgan fingerprint density at radius 2 is 1.93 bits per heavy atom. The first-order valence-electron chi connectivity index (χ1n) is 6.48. The van der Waals surface area contributed by atoms with Gasteiger partial charge in [-0.25, -0.2) is 0 Å². The first-order chi connectivity index (χ1) is 7.02. The van der Waals surface area contributed by atoms with E-state index in [0.29, 0.717) is 11.5 Å². The van der Waals surface area contributed by atoms with E-state index in [2.05, 4.69) is 19.2 Å². The van der Waals surface area contributed by atoms with Crippen LogP contribution < -0.4 is 5.32 Å². The second kappa shape index (κ2) is 4.06. The minimum atomic E-state index is -0.423. The van der Waals surface area contributed by atoms with E-state index in [-0.39, 0.29) is 0 Å². The second-order valence-corrected chi connectivity index (χ2v) is 6.30. The van der Waals surface area contributed by atoms with Gasteiger partial charge in [0, 0.05) is 6.04 Å². The zero-order valence-electron chi connectivity index (χ0n) is 10.2. The highest BCUT2D eigenvalue weighted by Gasteiger charge is 2.46. The maximum Gasteiger partial charge on any atom is 0.0805 e. The number of hydrogen-bond donors (Lipinski definition) is 2. The lowest BCUT2D eigenvalue weighted by Crippen LogP contribution is -2.49. The Bertz CT molecular complexity index is 219. The van der Waals surface area contributed by atoms with Crippen molar-refractivity contribution >= 4 is 0 Å². The zero-order chi connectivity index (χ0) is 10.9. The van der Waals surface area contributed by atoms with E-state index >= 15 is 0 Å². The molecule has 2 heteroatoms. The van der Waals surface area contributed by atoms with Crippen molar-refractivity contribution in [3.05, 3.63) is 0 Å². The quantitative estimate of drug-likeness (QED) is 0.698. The first-order valence-corrected chi connectivity index (χ1v) is 6.48. The van der Waals surface area contributed by atoms with Gasteiger partial charge in [-0.2, -0.15) is 0 Å². The average Bonchev–Trinajstić information content (AvgIpc) is 2.43. The Balaban J connectivity index is 2.02. The van der Waals surface area contributed by atoms with Crippen molar-refractivity contribution < 1.29 is 5.11 Å². The number of hydrogen-bond acceptors (Lipinski definition) is 2. The van der Waals surface area contributed by atoms with Crippen LogP contribution in [-0.2, 0) is 0 Å². The molecule has 0 radical (unpaired) electrons. The van der Waals surface area contributed by atoms with E-state index in [1.165, 1.54) is 25.7 Å². The predicted molar refractivity (Wildman–Crippen MR) is 62.8 cm³/mol. The molecule has 2 N–H and O–H groups in total. The summed E-state index contributed by atoms with van der Waals surface area (Å²) in [6.07, 6.45) is 8.16. The molecule has 2 aliphatic rings. The van der Waals surface area contributed by atoms with Crippen LogP contribution in [0, 0.1) is 5.41 Å². The fourth-order valence-corrected chi connectivity index (χ4v) is 3.34. The molecule has 1 aliphatic carbocycles. The zero-order valence-corrected chi connectivity index (χ0v) is 10.2. The van der Waals surface area contributed by atoms with Gasteiger partial charge in [-0.15, -0.1) is 0 Å². The topological polar surface area (TPSA) is 32.3 Å². The molecule has 2 nitrogen and oxygen atoms in total. The van der Waals surface area contributed by atoms with Gasteiger partial charge in [0.1, 0.15) is 0 Å². The molecule has 0 aromatic carbocycles. The summed E-state index contributed by atoms with van der Waals surface area (Å²) in [5, 5.41) is 14.3. The molecule has 2 atom stereocenters. The molecule has 2 unspecified atom stereocenters. The molecule has 0 amide bonds. The summed E-state index contributed by atoms with van der Waals surface area (Å²) in [6.45, 7) is 5.65. The van der Waals surface area contributed by atoms with E-state index < -0.39 is 5.60 Å². The van der Waals surface area contributed by atoms with Crippen molar-refractivity contribution in [2.75, 3.05) is 6.54 Å². The molecular formula is C13H25NO. The van der Waals surface area contributed by atoms with E-state index in [1.54, 1.807) is 0 Å². The molecule has 0 bridgehead atoms. The molecule has 0 spiro atoms. The molecular weight excluding hydrogens is 186 g/mol. The number of rotatable bonds is 1. The Labute approximate surface area is 93.5 Å². The van der Waals surface area contributed by atoms with Gasteiger partial charge in [0.15, 0.2) is 0 Å². The maximum absolute atomic E-state index is 10.7. The highest BCUT2D eigenvalue weighted by Crippen LogP contribution is 2.46. The minimum Gasteiger partial charge on any atom is -0.388 e. The van der Waals surface area contributed by atoms with Crippen LogP contribution in [0.2, 0.25) is 0 Å². The van der Waals surface area contributed by atoms with Gasteiger partial charge in [-0.3, -0.25) is 0 Å². The molecule has 1 aliphatic heterocycles. The molecule has 2 fully saturated rings. The van der Waals surface area contributed by atoms with Crippen LogP contribution in [0.25, 0.3) is 0 Å². The van der Waals surface area contributed by atoms with Gasteiger partial charge in [0.2, 0.25) is 0 Å². The minimum absolute atomic E-state index is 0.336. The van der Waals surface area contributed by atoms with E-state index in [9.17, 15) is 5.11 Å². The molecule has 0 aromatic heterocycles. The normalized spacial score (nSPS) is 41.4. The third kappa shape index (κ3) is 2.54. The summed E-state index contributed by atoms with van der Waals surface area (Å²) in [5.41, 5.74) is -0.0867. The fourth-order valence-electron chi connectivity index (χ4n) is 3.34. The summed E-state index contributed by atoms with van der Waals surface area (Å²) in [6, 6.07) is 0.349.